The van der Waals surface area contributed by atoms with E-state index in [0.29, 0.717) is 12.8 Å². The van der Waals surface area contributed by atoms with Crippen molar-refractivity contribution in [1.82, 2.24) is 0 Å². The van der Waals surface area contributed by atoms with E-state index in [4.69, 9.17) is 18.9 Å². The van der Waals surface area contributed by atoms with Crippen molar-refractivity contribution in [2.24, 2.45) is 28.1 Å². The number of carbonyl (C=O) groups is 4. The van der Waals surface area contributed by atoms with E-state index in [1.807, 2.05) is 33.8 Å². The SMILES string of the molecule is CC1(C)OC(=O)C=CC2(C)C1CC(=O)C1(C)C2CCC2(C)C(C3=CC(=O)OC3O)OC(=O)C3OC321. The van der Waals surface area contributed by atoms with Gasteiger partial charge in [0, 0.05) is 35.5 Å². The largest absolute Gasteiger partial charge is 0.456 e. The molecule has 0 radical (unpaired) electrons. The first-order chi connectivity index (χ1) is 16.2. The van der Waals surface area contributed by atoms with E-state index >= 15 is 0 Å². The highest BCUT2D eigenvalue weighted by Gasteiger charge is 2.88. The number of rotatable bonds is 1. The van der Waals surface area contributed by atoms with Gasteiger partial charge in [-0.05, 0) is 44.9 Å². The predicted octanol–water partition coefficient (Wildman–Crippen LogP) is 1.76. The van der Waals surface area contributed by atoms with Gasteiger partial charge in [-0.1, -0.05) is 19.9 Å². The number of cyclic esters (lactones) is 3. The van der Waals surface area contributed by atoms with Crippen LogP contribution in [0, 0.1) is 28.1 Å². The Bertz CT molecular complexity index is 1150. The number of aliphatic hydroxyl groups excluding tert-OH is 1. The van der Waals surface area contributed by atoms with Crippen LogP contribution in [0.3, 0.4) is 0 Å². The topological polar surface area (TPSA) is 129 Å². The summed E-state index contributed by atoms with van der Waals surface area (Å²) in [6, 6.07) is 0. The fourth-order valence-electron chi connectivity index (χ4n) is 8.69. The van der Waals surface area contributed by atoms with Gasteiger partial charge in [0.15, 0.2) is 6.10 Å². The Labute approximate surface area is 202 Å². The van der Waals surface area contributed by atoms with Crippen molar-refractivity contribution in [2.75, 3.05) is 0 Å². The summed E-state index contributed by atoms with van der Waals surface area (Å²) in [6.07, 6.45) is 2.35. The summed E-state index contributed by atoms with van der Waals surface area (Å²) in [5, 5.41) is 10.4. The molecule has 6 rings (SSSR count). The van der Waals surface area contributed by atoms with Gasteiger partial charge in [0.1, 0.15) is 23.1 Å². The molecule has 0 aromatic heterocycles. The maximum absolute atomic E-state index is 14.2. The van der Waals surface area contributed by atoms with Gasteiger partial charge in [-0.25, -0.2) is 14.4 Å². The Morgan fingerprint density at radius 1 is 0.943 bits per heavy atom. The monoisotopic (exact) mass is 486 g/mol. The summed E-state index contributed by atoms with van der Waals surface area (Å²) >= 11 is 0. The van der Waals surface area contributed by atoms with Crippen molar-refractivity contribution in [3.8, 4) is 0 Å². The van der Waals surface area contributed by atoms with Gasteiger partial charge in [0.2, 0.25) is 6.29 Å². The highest BCUT2D eigenvalue weighted by molar-refractivity contribution is 5.94. The van der Waals surface area contributed by atoms with E-state index in [1.54, 1.807) is 0 Å². The van der Waals surface area contributed by atoms with E-state index in [1.165, 1.54) is 6.08 Å². The van der Waals surface area contributed by atoms with E-state index in [9.17, 15) is 24.3 Å². The lowest BCUT2D eigenvalue weighted by molar-refractivity contribution is -0.212. The van der Waals surface area contributed by atoms with Crippen LogP contribution in [0.2, 0.25) is 0 Å². The number of Topliss-reactive ketones (excluding diaryl/α,β-unsaturated/α-hetero) is 1. The molecule has 4 aliphatic heterocycles. The zero-order valence-electron chi connectivity index (χ0n) is 20.5. The first kappa shape index (κ1) is 22.9. The van der Waals surface area contributed by atoms with Gasteiger partial charge < -0.3 is 24.1 Å². The molecule has 0 bridgehead atoms. The minimum absolute atomic E-state index is 0.0421. The number of epoxide rings is 1. The molecule has 9 unspecified atom stereocenters. The minimum Gasteiger partial charge on any atom is -0.456 e. The molecule has 0 aromatic carbocycles. The van der Waals surface area contributed by atoms with Gasteiger partial charge in [-0.15, -0.1) is 0 Å². The summed E-state index contributed by atoms with van der Waals surface area (Å²) in [7, 11) is 0. The quantitative estimate of drug-likeness (QED) is 0.335. The number of fused-ring (bicyclic) bond motifs is 3. The number of allylic oxidation sites excluding steroid dienone is 1. The molecule has 2 aliphatic carbocycles. The van der Waals surface area contributed by atoms with Crippen LogP contribution in [-0.2, 0) is 38.1 Å². The van der Waals surface area contributed by atoms with Crippen LogP contribution in [0.25, 0.3) is 0 Å². The third-order valence-electron chi connectivity index (χ3n) is 10.3. The second-order valence-electron chi connectivity index (χ2n) is 12.1. The molecular formula is C26H30O9. The fourth-order valence-corrected chi connectivity index (χ4v) is 8.69. The number of aliphatic hydroxyl groups is 1. The number of ether oxygens (including phenoxy) is 4. The predicted molar refractivity (Wildman–Crippen MR) is 117 cm³/mol. The van der Waals surface area contributed by atoms with E-state index < -0.39 is 63.9 Å². The number of hydrogen-bond acceptors (Lipinski definition) is 9. The van der Waals surface area contributed by atoms with E-state index in [2.05, 4.69) is 6.92 Å². The van der Waals surface area contributed by atoms with Gasteiger partial charge in [-0.2, -0.15) is 0 Å². The third kappa shape index (κ3) is 2.46. The van der Waals surface area contributed by atoms with Crippen LogP contribution in [-0.4, -0.2) is 58.5 Å². The molecule has 1 N–H and O–H groups in total. The van der Waals surface area contributed by atoms with Gasteiger partial charge in [0.25, 0.3) is 0 Å². The lowest BCUT2D eigenvalue weighted by Gasteiger charge is -2.65. The highest BCUT2D eigenvalue weighted by atomic mass is 16.7. The summed E-state index contributed by atoms with van der Waals surface area (Å²) in [4.78, 5) is 51.5. The second kappa shape index (κ2) is 6.42. The Morgan fingerprint density at radius 2 is 1.66 bits per heavy atom. The zero-order chi connectivity index (χ0) is 25.3. The van der Waals surface area contributed by atoms with Gasteiger partial charge in [0.05, 0.1) is 5.41 Å². The standard InChI is InChI=1S/C26H30O9/c1-22(2)14-11-15(27)25(5)13(23(14,3)8-7-16(28)34-22)6-9-24(4)18(12-10-17(29)32-20(12)30)33-21(31)19-26(24,25)35-19/h7-8,10,13-14,18-20,30H,6,9,11H2,1-5H3. The molecule has 188 valence electrons. The van der Waals surface area contributed by atoms with Crippen LogP contribution >= 0.6 is 0 Å². The molecule has 6 aliphatic rings. The smallest absolute Gasteiger partial charge is 0.339 e. The molecule has 2 saturated carbocycles. The Hall–Kier alpha value is -2.52. The van der Waals surface area contributed by atoms with Crippen LogP contribution in [0.5, 0.6) is 0 Å². The van der Waals surface area contributed by atoms with Crippen molar-refractivity contribution < 1.29 is 43.2 Å². The number of esters is 3. The summed E-state index contributed by atoms with van der Waals surface area (Å²) in [6.45, 7) is 9.54. The second-order valence-corrected chi connectivity index (χ2v) is 12.1. The number of carbonyl (C=O) groups excluding carboxylic acids is 4. The first-order valence-corrected chi connectivity index (χ1v) is 12.2. The van der Waals surface area contributed by atoms with Crippen LogP contribution < -0.4 is 0 Å². The summed E-state index contributed by atoms with van der Waals surface area (Å²) < 4.78 is 22.6. The van der Waals surface area contributed by atoms with E-state index in [-0.39, 0.29) is 29.6 Å². The molecule has 9 heteroatoms. The maximum Gasteiger partial charge on any atom is 0.339 e. The molecule has 4 fully saturated rings. The molecule has 1 spiro atoms. The molecule has 4 heterocycles. The Balaban J connectivity index is 1.51. The molecule has 0 aromatic rings. The molecular weight excluding hydrogens is 456 g/mol. The maximum atomic E-state index is 14.2. The summed E-state index contributed by atoms with van der Waals surface area (Å²) in [5.41, 5.74) is -4.40. The van der Waals surface area contributed by atoms with Crippen molar-refractivity contribution in [3.63, 3.8) is 0 Å². The lowest BCUT2D eigenvalue weighted by Crippen LogP contribution is -2.72. The van der Waals surface area contributed by atoms with Gasteiger partial charge >= 0.3 is 17.9 Å². The lowest BCUT2D eigenvalue weighted by atomic mass is 9.37. The summed E-state index contributed by atoms with van der Waals surface area (Å²) in [5.74, 6) is -2.29. The van der Waals surface area contributed by atoms with Crippen LogP contribution in [0.15, 0.2) is 23.8 Å². The molecule has 35 heavy (non-hydrogen) atoms. The van der Waals surface area contributed by atoms with Crippen molar-refractivity contribution in [1.29, 1.82) is 0 Å². The molecule has 9 nitrogen and oxygen atoms in total. The zero-order valence-corrected chi connectivity index (χ0v) is 20.5. The van der Waals surface area contributed by atoms with Crippen molar-refractivity contribution >= 4 is 23.7 Å². The average molecular weight is 487 g/mol. The molecule has 0 amide bonds. The Morgan fingerprint density at radius 3 is 2.31 bits per heavy atom. The first-order valence-electron chi connectivity index (χ1n) is 12.2. The van der Waals surface area contributed by atoms with Crippen molar-refractivity contribution in [2.45, 2.75) is 83.6 Å². The number of ketones is 1. The fraction of sp³-hybridized carbons (Fsp3) is 0.692. The molecule has 2 saturated heterocycles. The van der Waals surface area contributed by atoms with Crippen LogP contribution in [0.4, 0.5) is 0 Å². The Kier molecular flexibility index (Phi) is 4.20. The van der Waals surface area contributed by atoms with E-state index in [0.717, 1.165) is 6.08 Å². The highest BCUT2D eigenvalue weighted by Crippen LogP contribution is 2.77. The number of hydrogen-bond donors (Lipinski definition) is 1. The van der Waals surface area contributed by atoms with Crippen LogP contribution in [0.1, 0.15) is 53.9 Å². The third-order valence-corrected chi connectivity index (χ3v) is 10.3. The van der Waals surface area contributed by atoms with Gasteiger partial charge in [-0.3, -0.25) is 4.79 Å². The normalized spacial score (nSPS) is 51.5. The molecule has 9 atom stereocenters. The van der Waals surface area contributed by atoms with Crippen molar-refractivity contribution in [3.05, 3.63) is 23.8 Å². The minimum atomic E-state index is -1.52. The average Bonchev–Trinajstić information content (AvgIpc) is 3.47.